The highest BCUT2D eigenvalue weighted by molar-refractivity contribution is 5.72. The number of esters is 2. The highest BCUT2D eigenvalue weighted by atomic mass is 16.6. The molecule has 0 amide bonds. The molecule has 0 radical (unpaired) electrons. The van der Waals surface area contributed by atoms with Crippen molar-refractivity contribution in [3.8, 4) is 0 Å². The van der Waals surface area contributed by atoms with Crippen molar-refractivity contribution < 1.29 is 38.2 Å². The second-order valence-electron chi connectivity index (χ2n) is 18.5. The number of hydrogen-bond donors (Lipinski definition) is 1. The molecule has 0 fully saturated rings. The van der Waals surface area contributed by atoms with Gasteiger partial charge in [-0.3, -0.25) is 9.59 Å². The Kier molecular flexibility index (Phi) is 43.4. The first-order valence-corrected chi connectivity index (χ1v) is 25.9. The molecule has 0 rings (SSSR count). The number of allylic oxidation sites excluding steroid dienone is 10. The fourth-order valence-corrected chi connectivity index (χ4v) is 7.48. The summed E-state index contributed by atoms with van der Waals surface area (Å²) in [6.45, 7) is 4.62. The number of hydrogen-bond acceptors (Lipinski definition) is 6. The third-order valence-electron chi connectivity index (χ3n) is 11.5. The molecule has 1 N–H and O–H groups in total. The number of quaternary nitrogens is 1. The molecule has 0 saturated heterocycles. The first-order valence-electron chi connectivity index (χ1n) is 25.9. The number of aliphatic carboxylic acids is 1. The van der Waals surface area contributed by atoms with Crippen LogP contribution in [-0.4, -0.2) is 80.6 Å². The number of likely N-dealkylation sites (N-methyl/N-ethyl adjacent to an activating group) is 1. The smallest absolute Gasteiger partial charge is 0.362 e. The number of ether oxygens (including phenoxy) is 3. The first-order chi connectivity index (χ1) is 30.6. The molecule has 0 aromatic carbocycles. The second-order valence-corrected chi connectivity index (χ2v) is 18.5. The van der Waals surface area contributed by atoms with Gasteiger partial charge >= 0.3 is 17.9 Å². The Morgan fingerprint density at radius 3 is 1.43 bits per heavy atom. The Morgan fingerprint density at radius 2 is 0.952 bits per heavy atom. The molecule has 364 valence electrons. The summed E-state index contributed by atoms with van der Waals surface area (Å²) in [5.74, 6) is -1.49. The molecular weight excluding hydrogens is 787 g/mol. The number of carboxylic acid groups (broad SMARTS) is 1. The number of carbonyl (C=O) groups is 3. The van der Waals surface area contributed by atoms with Crippen molar-refractivity contribution in [2.75, 3.05) is 41.0 Å². The van der Waals surface area contributed by atoms with Crippen LogP contribution >= 0.6 is 0 Å². The van der Waals surface area contributed by atoms with Gasteiger partial charge in [0.2, 0.25) is 0 Å². The average Bonchev–Trinajstić information content (AvgIpc) is 3.24. The lowest BCUT2D eigenvalue weighted by Gasteiger charge is -2.31. The van der Waals surface area contributed by atoms with Gasteiger partial charge in [0.25, 0.3) is 0 Å². The van der Waals surface area contributed by atoms with E-state index in [9.17, 15) is 19.5 Å². The molecule has 2 unspecified atom stereocenters. The molecule has 8 heteroatoms. The number of nitrogens with zero attached hydrogens (tertiary/aromatic N) is 1. The van der Waals surface area contributed by atoms with Crippen LogP contribution in [0.5, 0.6) is 0 Å². The Bertz CT molecular complexity index is 1210. The molecule has 0 spiro atoms. The average molecular weight is 885 g/mol. The normalized spacial score (nSPS) is 13.3. The maximum Gasteiger partial charge on any atom is 0.362 e. The minimum Gasteiger partial charge on any atom is -0.477 e. The van der Waals surface area contributed by atoms with E-state index in [-0.39, 0.29) is 36.2 Å². The third-order valence-corrected chi connectivity index (χ3v) is 11.5. The third kappa shape index (κ3) is 44.0. The Hall–Kier alpha value is -2.97. The zero-order valence-electron chi connectivity index (χ0n) is 41.5. The Morgan fingerprint density at radius 1 is 0.508 bits per heavy atom. The van der Waals surface area contributed by atoms with Gasteiger partial charge < -0.3 is 23.8 Å². The van der Waals surface area contributed by atoms with Gasteiger partial charge in [-0.1, -0.05) is 197 Å². The summed E-state index contributed by atoms with van der Waals surface area (Å²) in [5.41, 5.74) is 0. The van der Waals surface area contributed by atoms with Crippen LogP contribution in [0.3, 0.4) is 0 Å². The molecule has 2 atom stereocenters. The highest BCUT2D eigenvalue weighted by Gasteiger charge is 2.31. The van der Waals surface area contributed by atoms with Gasteiger partial charge in [0, 0.05) is 19.3 Å². The molecule has 0 bridgehead atoms. The van der Waals surface area contributed by atoms with E-state index in [4.69, 9.17) is 14.2 Å². The van der Waals surface area contributed by atoms with Crippen LogP contribution in [0.25, 0.3) is 0 Å². The van der Waals surface area contributed by atoms with Crippen LogP contribution < -0.4 is 0 Å². The minimum atomic E-state index is -0.878. The lowest BCUT2D eigenvalue weighted by molar-refractivity contribution is -0.887. The molecule has 0 aliphatic rings. The van der Waals surface area contributed by atoms with E-state index in [0.29, 0.717) is 19.3 Å². The summed E-state index contributed by atoms with van der Waals surface area (Å²) in [6, 6.07) is -0.620. The summed E-state index contributed by atoms with van der Waals surface area (Å²) in [5, 5.41) is 9.65. The zero-order valence-corrected chi connectivity index (χ0v) is 41.5. The Balaban J connectivity index is 4.27. The molecule has 63 heavy (non-hydrogen) atoms. The summed E-state index contributed by atoms with van der Waals surface area (Å²) in [4.78, 5) is 37.2. The van der Waals surface area contributed by atoms with E-state index in [1.54, 1.807) is 0 Å². The predicted octanol–water partition coefficient (Wildman–Crippen LogP) is 14.9. The van der Waals surface area contributed by atoms with Crippen molar-refractivity contribution in [3.63, 3.8) is 0 Å². The summed E-state index contributed by atoms with van der Waals surface area (Å²) >= 11 is 0. The molecule has 0 aliphatic carbocycles. The van der Waals surface area contributed by atoms with E-state index in [1.165, 1.54) is 109 Å². The summed E-state index contributed by atoms with van der Waals surface area (Å²) < 4.78 is 17.3. The van der Waals surface area contributed by atoms with Gasteiger partial charge in [-0.25, -0.2) is 4.79 Å². The number of carbonyl (C=O) groups excluding carboxylic acids is 2. The van der Waals surface area contributed by atoms with E-state index in [1.807, 2.05) is 21.1 Å². The number of unbranched alkanes of at least 4 members (excludes halogenated alkanes) is 24. The lowest BCUT2D eigenvalue weighted by Crippen LogP contribution is -2.50. The van der Waals surface area contributed by atoms with Crippen molar-refractivity contribution in [3.05, 3.63) is 60.8 Å². The van der Waals surface area contributed by atoms with Crippen molar-refractivity contribution in [2.45, 2.75) is 231 Å². The lowest BCUT2D eigenvalue weighted by atomic mass is 10.0. The van der Waals surface area contributed by atoms with Crippen LogP contribution in [0.4, 0.5) is 0 Å². The van der Waals surface area contributed by atoms with Crippen LogP contribution in [0.15, 0.2) is 60.8 Å². The molecule has 0 heterocycles. The quantitative estimate of drug-likeness (QED) is 0.0214. The molecule has 0 aromatic rings. The molecule has 8 nitrogen and oxygen atoms in total. The van der Waals surface area contributed by atoms with Crippen molar-refractivity contribution in [1.29, 1.82) is 0 Å². The predicted molar refractivity (Wildman–Crippen MR) is 266 cm³/mol. The monoisotopic (exact) mass is 885 g/mol. The van der Waals surface area contributed by atoms with Crippen LogP contribution in [0.1, 0.15) is 219 Å². The van der Waals surface area contributed by atoms with Gasteiger partial charge in [-0.15, -0.1) is 0 Å². The van der Waals surface area contributed by atoms with Gasteiger partial charge in [-0.2, -0.15) is 0 Å². The van der Waals surface area contributed by atoms with E-state index in [2.05, 4.69) is 74.6 Å². The number of rotatable bonds is 46. The van der Waals surface area contributed by atoms with Crippen molar-refractivity contribution in [1.82, 2.24) is 0 Å². The summed E-state index contributed by atoms with van der Waals surface area (Å²) in [7, 11) is 5.53. The van der Waals surface area contributed by atoms with Gasteiger partial charge in [0.1, 0.15) is 6.61 Å². The minimum absolute atomic E-state index is 0.0536. The second kappa shape index (κ2) is 45.6. The maximum atomic E-state index is 12.8. The topological polar surface area (TPSA) is 99.1 Å². The SMILES string of the molecule is CC/C=C/C/C=C/CCCCCCCCCCCCCCCCC(=O)OC(COCCC(C(=O)O)[N+](C)(C)C)COC(=O)CCCCCCC/C=C/C=C/C=C/CCCCCCC. The first kappa shape index (κ1) is 60.0. The van der Waals surface area contributed by atoms with E-state index < -0.39 is 18.1 Å². The maximum absolute atomic E-state index is 12.8. The van der Waals surface area contributed by atoms with Gasteiger partial charge in [0.15, 0.2) is 12.1 Å². The van der Waals surface area contributed by atoms with Crippen LogP contribution in [0, 0.1) is 0 Å². The molecule has 0 saturated carbocycles. The van der Waals surface area contributed by atoms with Crippen molar-refractivity contribution >= 4 is 17.9 Å². The highest BCUT2D eigenvalue weighted by Crippen LogP contribution is 2.16. The standard InChI is InChI=1S/C55H97NO7/c1-6-8-10-12-14-16-18-20-22-24-26-27-28-30-32-34-36-38-40-42-44-46-54(58)63-51(49-61-48-47-52(55(59)60)56(3,4)5)50-62-53(57)45-43-41-39-37-35-33-31-29-25-23-21-19-17-15-13-11-9-7-2/h8,10,14,16,19,21,23,25,29,31,51-52H,6-7,9,11-13,15,17-18,20,22,24,26-28,30,32-50H2,1-5H3/p+1/b10-8+,16-14+,21-19+,25-23+,31-29+. The van der Waals surface area contributed by atoms with Crippen LogP contribution in [0.2, 0.25) is 0 Å². The van der Waals surface area contributed by atoms with E-state index >= 15 is 0 Å². The molecular formula is C55H98NO7+. The van der Waals surface area contributed by atoms with E-state index in [0.717, 1.165) is 77.0 Å². The Labute approximate surface area is 388 Å². The zero-order chi connectivity index (χ0) is 46.3. The fourth-order valence-electron chi connectivity index (χ4n) is 7.48. The van der Waals surface area contributed by atoms with Gasteiger partial charge in [-0.05, 0) is 64.2 Å². The molecule has 0 aromatic heterocycles. The summed E-state index contributed by atoms with van der Waals surface area (Å²) in [6.07, 6.45) is 57.0. The fraction of sp³-hybridized carbons (Fsp3) is 0.764. The molecule has 0 aliphatic heterocycles. The van der Waals surface area contributed by atoms with Crippen LogP contribution in [-0.2, 0) is 28.6 Å². The van der Waals surface area contributed by atoms with Crippen molar-refractivity contribution in [2.24, 2.45) is 0 Å². The largest absolute Gasteiger partial charge is 0.477 e. The number of carboxylic acids is 1. The van der Waals surface area contributed by atoms with Gasteiger partial charge in [0.05, 0.1) is 34.4 Å².